The average molecular weight is 603 g/mol. The average Bonchev–Trinajstić information content (AvgIpc) is 3.70. The molecule has 0 unspecified atom stereocenters. The van der Waals surface area contributed by atoms with Crippen LogP contribution in [0.2, 0.25) is 0 Å². The molecule has 12 heteroatoms. The number of hydrogen-bond donors (Lipinski definition) is 5. The summed E-state index contributed by atoms with van der Waals surface area (Å²) in [6.45, 7) is 9.32. The van der Waals surface area contributed by atoms with Crippen LogP contribution in [0.4, 0.5) is 15.5 Å². The molecule has 2 aromatic carbocycles. The van der Waals surface area contributed by atoms with Gasteiger partial charge in [-0.15, -0.1) is 0 Å². The fourth-order valence-corrected chi connectivity index (χ4v) is 4.19. The van der Waals surface area contributed by atoms with Crippen LogP contribution in [0.5, 0.6) is 0 Å². The molecule has 0 atom stereocenters. The van der Waals surface area contributed by atoms with Gasteiger partial charge in [-0.05, 0) is 35.6 Å². The Labute approximate surface area is 258 Å². The number of methoxy groups -OCH3 is 1. The first-order valence-corrected chi connectivity index (χ1v) is 14.8. The highest BCUT2D eigenvalue weighted by molar-refractivity contribution is 5.87. The molecule has 0 aliphatic rings. The molecule has 0 saturated heterocycles. The van der Waals surface area contributed by atoms with Gasteiger partial charge in [0.2, 0.25) is 11.9 Å². The summed E-state index contributed by atoms with van der Waals surface area (Å²) in [5.74, 6) is 0.824. The largest absolute Gasteiger partial charge is 0.453 e. The van der Waals surface area contributed by atoms with Crippen molar-refractivity contribution >= 4 is 24.0 Å². The third-order valence-corrected chi connectivity index (χ3v) is 6.25. The molecule has 5 N–H and O–H groups in total. The van der Waals surface area contributed by atoms with Gasteiger partial charge in [-0.2, -0.15) is 0 Å². The Kier molecular flexibility index (Phi) is 13.0. The van der Waals surface area contributed by atoms with Gasteiger partial charge in [0.05, 0.1) is 37.4 Å². The van der Waals surface area contributed by atoms with Crippen LogP contribution in [-0.4, -0.2) is 69.6 Å². The lowest BCUT2D eigenvalue weighted by Crippen LogP contribution is -2.40. The standard InChI is InChI=1S/C29H34N8O4.C3H8/c1-4-14-37(26(38)17-33-29(40)41-3)18-25-31-15-23(34-25)21-10-6-19(7-11-21)20-8-12-22(13-9-20)24-16-32-27(35-24)36-28(39)30-5-2;1-3-2/h6-13,15-16H,4-5,14,17-18H2,1-3H3,(H,31,34)(H,33,40)(H3,30,32,35,36,39);3H2,1-2H3. The molecule has 44 heavy (non-hydrogen) atoms. The van der Waals surface area contributed by atoms with Gasteiger partial charge in [-0.1, -0.05) is 75.7 Å². The quantitative estimate of drug-likeness (QED) is 0.146. The molecule has 0 aliphatic heterocycles. The number of carbonyl (C=O) groups excluding carboxylic acids is 3. The lowest BCUT2D eigenvalue weighted by Gasteiger charge is -2.21. The zero-order valence-electron chi connectivity index (χ0n) is 26.0. The Morgan fingerprint density at radius 2 is 1.34 bits per heavy atom. The maximum absolute atomic E-state index is 12.6. The number of alkyl carbamates (subject to hydrolysis) is 1. The summed E-state index contributed by atoms with van der Waals surface area (Å²) in [6, 6.07) is 15.9. The summed E-state index contributed by atoms with van der Waals surface area (Å²) in [5, 5.41) is 7.75. The van der Waals surface area contributed by atoms with Crippen LogP contribution >= 0.6 is 0 Å². The molecular formula is C32H42N8O4. The van der Waals surface area contributed by atoms with Crippen LogP contribution in [-0.2, 0) is 16.1 Å². The van der Waals surface area contributed by atoms with Crippen molar-refractivity contribution in [1.82, 2.24) is 35.5 Å². The van der Waals surface area contributed by atoms with Gasteiger partial charge in [0, 0.05) is 13.1 Å². The van der Waals surface area contributed by atoms with Gasteiger partial charge < -0.3 is 30.2 Å². The summed E-state index contributed by atoms with van der Waals surface area (Å²) in [7, 11) is 1.26. The smallest absolute Gasteiger partial charge is 0.407 e. The first-order chi connectivity index (χ1) is 21.3. The number of carbonyl (C=O) groups is 3. The number of rotatable bonds is 11. The van der Waals surface area contributed by atoms with E-state index in [-0.39, 0.29) is 18.5 Å². The predicted molar refractivity (Wildman–Crippen MR) is 172 cm³/mol. The number of anilines is 1. The third-order valence-electron chi connectivity index (χ3n) is 6.25. The molecule has 12 nitrogen and oxygen atoms in total. The second-order valence-corrected chi connectivity index (χ2v) is 9.90. The van der Waals surface area contributed by atoms with E-state index >= 15 is 0 Å². The minimum atomic E-state index is -0.645. The molecule has 2 aromatic heterocycles. The molecule has 0 radical (unpaired) electrons. The van der Waals surface area contributed by atoms with E-state index in [1.165, 1.54) is 13.5 Å². The number of nitrogens with zero attached hydrogens (tertiary/aromatic N) is 3. The maximum Gasteiger partial charge on any atom is 0.407 e. The van der Waals surface area contributed by atoms with Crippen molar-refractivity contribution in [3.8, 4) is 33.6 Å². The Morgan fingerprint density at radius 1 is 0.795 bits per heavy atom. The number of imidazole rings is 2. The van der Waals surface area contributed by atoms with E-state index in [0.29, 0.717) is 31.4 Å². The Hall–Kier alpha value is -5.13. The van der Waals surface area contributed by atoms with Crippen molar-refractivity contribution in [2.75, 3.05) is 32.1 Å². The van der Waals surface area contributed by atoms with E-state index in [1.807, 2.05) is 62.4 Å². The minimum absolute atomic E-state index is 0.138. The molecule has 4 amide bonds. The molecule has 0 aliphatic carbocycles. The van der Waals surface area contributed by atoms with Crippen molar-refractivity contribution in [3.63, 3.8) is 0 Å². The number of urea groups is 1. The maximum atomic E-state index is 12.6. The lowest BCUT2D eigenvalue weighted by atomic mass is 10.0. The number of nitrogens with one attached hydrogen (secondary N) is 5. The molecule has 0 spiro atoms. The minimum Gasteiger partial charge on any atom is -0.453 e. The van der Waals surface area contributed by atoms with Gasteiger partial charge in [0.15, 0.2) is 0 Å². The molecule has 4 rings (SSSR count). The molecule has 234 valence electrons. The van der Waals surface area contributed by atoms with E-state index in [9.17, 15) is 14.4 Å². The molecule has 0 bridgehead atoms. The van der Waals surface area contributed by atoms with Crippen molar-refractivity contribution in [2.45, 2.75) is 47.1 Å². The topological polar surface area (TPSA) is 157 Å². The van der Waals surface area contributed by atoms with Crippen molar-refractivity contribution in [2.24, 2.45) is 0 Å². The molecule has 4 aromatic rings. The van der Waals surface area contributed by atoms with Crippen molar-refractivity contribution < 1.29 is 19.1 Å². The molecular weight excluding hydrogens is 560 g/mol. The van der Waals surface area contributed by atoms with E-state index in [2.05, 4.69) is 54.5 Å². The molecule has 2 heterocycles. The van der Waals surface area contributed by atoms with Crippen LogP contribution in [0, 0.1) is 0 Å². The van der Waals surface area contributed by atoms with Crippen LogP contribution in [0.25, 0.3) is 33.6 Å². The van der Waals surface area contributed by atoms with Crippen LogP contribution in [0.3, 0.4) is 0 Å². The zero-order valence-corrected chi connectivity index (χ0v) is 26.0. The van der Waals surface area contributed by atoms with Gasteiger partial charge in [0.1, 0.15) is 12.4 Å². The first kappa shape index (κ1) is 33.4. The highest BCUT2D eigenvalue weighted by Gasteiger charge is 2.16. The highest BCUT2D eigenvalue weighted by Crippen LogP contribution is 2.27. The van der Waals surface area contributed by atoms with Crippen LogP contribution in [0.15, 0.2) is 60.9 Å². The molecule has 0 saturated carbocycles. The van der Waals surface area contributed by atoms with Gasteiger partial charge in [-0.25, -0.2) is 19.6 Å². The summed E-state index contributed by atoms with van der Waals surface area (Å²) in [5.41, 5.74) is 5.67. The third kappa shape index (κ3) is 9.72. The summed E-state index contributed by atoms with van der Waals surface area (Å²) in [6.07, 6.45) is 4.81. The van der Waals surface area contributed by atoms with E-state index in [1.54, 1.807) is 17.3 Å². The fraction of sp³-hybridized carbons (Fsp3) is 0.344. The second kappa shape index (κ2) is 17.1. The normalized spacial score (nSPS) is 10.3. The van der Waals surface area contributed by atoms with E-state index < -0.39 is 6.09 Å². The van der Waals surface area contributed by atoms with Gasteiger partial charge in [-0.3, -0.25) is 10.1 Å². The van der Waals surface area contributed by atoms with E-state index in [4.69, 9.17) is 0 Å². The van der Waals surface area contributed by atoms with Crippen LogP contribution in [0.1, 0.15) is 46.4 Å². The Bertz CT molecular complexity index is 1480. The van der Waals surface area contributed by atoms with Crippen LogP contribution < -0.4 is 16.0 Å². The zero-order chi connectivity index (χ0) is 31.9. The number of hydrogen-bond acceptors (Lipinski definition) is 6. The Balaban J connectivity index is 0.00000169. The van der Waals surface area contributed by atoms with Crippen molar-refractivity contribution in [3.05, 3.63) is 66.7 Å². The number of aromatic amines is 2. The second-order valence-electron chi connectivity index (χ2n) is 9.90. The number of aromatic nitrogens is 4. The Morgan fingerprint density at radius 3 is 1.89 bits per heavy atom. The highest BCUT2D eigenvalue weighted by atomic mass is 16.5. The first-order valence-electron chi connectivity index (χ1n) is 14.8. The van der Waals surface area contributed by atoms with Crippen molar-refractivity contribution in [1.29, 1.82) is 0 Å². The summed E-state index contributed by atoms with van der Waals surface area (Å²) >= 11 is 0. The summed E-state index contributed by atoms with van der Waals surface area (Å²) in [4.78, 5) is 52.3. The SMILES string of the molecule is CCC.CCCN(Cc1ncc(-c2ccc(-c3ccc(-c4cnc(NC(=O)NCC)[nH]4)cc3)cc2)[nH]1)C(=O)CNC(=O)OC. The fourth-order valence-electron chi connectivity index (χ4n) is 4.19. The van der Waals surface area contributed by atoms with Gasteiger partial charge >= 0.3 is 12.1 Å². The monoisotopic (exact) mass is 602 g/mol. The van der Waals surface area contributed by atoms with Gasteiger partial charge in [0.25, 0.3) is 0 Å². The lowest BCUT2D eigenvalue weighted by molar-refractivity contribution is -0.130. The molecule has 0 fully saturated rings. The summed E-state index contributed by atoms with van der Waals surface area (Å²) < 4.78 is 4.53. The van der Waals surface area contributed by atoms with E-state index in [0.717, 1.165) is 40.1 Å². The number of amides is 4. The number of H-pyrrole nitrogens is 2. The predicted octanol–water partition coefficient (Wildman–Crippen LogP) is 5.79. The number of ether oxygens (including phenoxy) is 1. The number of benzene rings is 2.